The molecule has 144 valence electrons. The maximum absolute atomic E-state index is 13.6. The molecular formula is C22H17BrN4O2. The molecule has 2 aromatic heterocycles. The molecule has 2 N–H and O–H groups in total. The number of nitrogens with zero attached hydrogens (tertiary/aromatic N) is 3. The van der Waals surface area contributed by atoms with E-state index in [1.807, 2.05) is 43.3 Å². The van der Waals surface area contributed by atoms with Crippen molar-refractivity contribution in [3.8, 4) is 11.8 Å². The van der Waals surface area contributed by atoms with Crippen molar-refractivity contribution in [1.82, 2.24) is 9.55 Å². The zero-order valence-electron chi connectivity index (χ0n) is 15.6. The molecule has 0 bridgehead atoms. The molecular weight excluding hydrogens is 432 g/mol. The minimum absolute atomic E-state index is 0.0181. The minimum Gasteiger partial charge on any atom is -0.440 e. The Balaban J connectivity index is 1.96. The van der Waals surface area contributed by atoms with Crippen molar-refractivity contribution in [2.24, 2.45) is 5.73 Å². The molecule has 1 atom stereocenters. The summed E-state index contributed by atoms with van der Waals surface area (Å²) in [5.41, 5.74) is 8.87. The van der Waals surface area contributed by atoms with Gasteiger partial charge in [-0.2, -0.15) is 5.26 Å². The summed E-state index contributed by atoms with van der Waals surface area (Å²) in [7, 11) is 0. The van der Waals surface area contributed by atoms with Crippen LogP contribution in [0.1, 0.15) is 28.3 Å². The molecule has 0 saturated heterocycles. The lowest BCUT2D eigenvalue weighted by Crippen LogP contribution is -2.33. The van der Waals surface area contributed by atoms with E-state index in [-0.39, 0.29) is 17.0 Å². The lowest BCUT2D eigenvalue weighted by atomic mass is 9.84. The second-order valence-electron chi connectivity index (χ2n) is 6.76. The normalized spacial score (nSPS) is 15.4. The number of pyridine rings is 2. The van der Waals surface area contributed by atoms with Gasteiger partial charge in [0.15, 0.2) is 0 Å². The fourth-order valence-corrected chi connectivity index (χ4v) is 4.09. The van der Waals surface area contributed by atoms with Crippen LogP contribution in [-0.4, -0.2) is 9.55 Å². The predicted octanol–water partition coefficient (Wildman–Crippen LogP) is 3.58. The zero-order valence-corrected chi connectivity index (χ0v) is 17.2. The van der Waals surface area contributed by atoms with Crippen molar-refractivity contribution in [3.63, 3.8) is 0 Å². The summed E-state index contributed by atoms with van der Waals surface area (Å²) in [6.07, 6.45) is 3.42. The number of allylic oxidation sites excluding steroid dienone is 1. The molecule has 1 aromatic carbocycles. The molecule has 0 radical (unpaired) electrons. The fraction of sp³-hybridized carbons (Fsp3) is 0.136. The first kappa shape index (κ1) is 19.0. The van der Waals surface area contributed by atoms with Crippen molar-refractivity contribution in [2.45, 2.75) is 19.4 Å². The first-order valence-electron chi connectivity index (χ1n) is 8.96. The number of halogens is 1. The fourth-order valence-electron chi connectivity index (χ4n) is 3.58. The number of aryl methyl sites for hydroxylation is 1. The van der Waals surface area contributed by atoms with Crippen LogP contribution in [0.5, 0.6) is 5.75 Å². The summed E-state index contributed by atoms with van der Waals surface area (Å²) >= 11 is 3.54. The number of hydrogen-bond donors (Lipinski definition) is 1. The van der Waals surface area contributed by atoms with Crippen LogP contribution in [0.25, 0.3) is 0 Å². The Hall–Kier alpha value is -3.37. The van der Waals surface area contributed by atoms with E-state index in [1.165, 1.54) is 0 Å². The lowest BCUT2D eigenvalue weighted by Gasteiger charge is -2.28. The van der Waals surface area contributed by atoms with Crippen molar-refractivity contribution in [2.75, 3.05) is 0 Å². The van der Waals surface area contributed by atoms with Gasteiger partial charge in [-0.15, -0.1) is 0 Å². The molecule has 4 rings (SSSR count). The van der Waals surface area contributed by atoms with Gasteiger partial charge in [0, 0.05) is 28.6 Å². The highest BCUT2D eigenvalue weighted by Gasteiger charge is 2.35. The van der Waals surface area contributed by atoms with Gasteiger partial charge in [-0.05, 0) is 30.2 Å². The van der Waals surface area contributed by atoms with E-state index in [1.54, 1.807) is 23.0 Å². The van der Waals surface area contributed by atoms with Gasteiger partial charge in [-0.1, -0.05) is 40.2 Å². The van der Waals surface area contributed by atoms with Crippen LogP contribution in [0.15, 0.2) is 75.6 Å². The highest BCUT2D eigenvalue weighted by atomic mass is 79.9. The van der Waals surface area contributed by atoms with Gasteiger partial charge < -0.3 is 15.0 Å². The van der Waals surface area contributed by atoms with Crippen LogP contribution < -0.4 is 16.0 Å². The van der Waals surface area contributed by atoms with Crippen molar-refractivity contribution < 1.29 is 4.74 Å². The van der Waals surface area contributed by atoms with Gasteiger partial charge >= 0.3 is 0 Å². The van der Waals surface area contributed by atoms with Gasteiger partial charge in [-0.25, -0.2) is 0 Å². The van der Waals surface area contributed by atoms with E-state index in [4.69, 9.17) is 10.5 Å². The van der Waals surface area contributed by atoms with Gasteiger partial charge in [0.2, 0.25) is 5.88 Å². The summed E-state index contributed by atoms with van der Waals surface area (Å²) in [6, 6.07) is 15.2. The van der Waals surface area contributed by atoms with Crippen LogP contribution >= 0.6 is 15.9 Å². The lowest BCUT2D eigenvalue weighted by molar-refractivity contribution is 0.389. The van der Waals surface area contributed by atoms with Crippen LogP contribution in [0.4, 0.5) is 0 Å². The average molecular weight is 449 g/mol. The summed E-state index contributed by atoms with van der Waals surface area (Å²) in [6.45, 7) is 2.21. The maximum atomic E-state index is 13.6. The number of benzene rings is 1. The van der Waals surface area contributed by atoms with E-state index in [2.05, 4.69) is 27.0 Å². The quantitative estimate of drug-likeness (QED) is 0.660. The highest BCUT2D eigenvalue weighted by molar-refractivity contribution is 9.10. The first-order valence-corrected chi connectivity index (χ1v) is 9.75. The second-order valence-corrected chi connectivity index (χ2v) is 7.62. The first-order chi connectivity index (χ1) is 14.0. The number of nitrogens with two attached hydrogens (primary N) is 1. The molecule has 0 saturated carbocycles. The third kappa shape index (κ3) is 3.32. The molecule has 29 heavy (non-hydrogen) atoms. The molecule has 3 aromatic rings. The Bertz CT molecular complexity index is 1230. The Morgan fingerprint density at radius 3 is 2.79 bits per heavy atom. The van der Waals surface area contributed by atoms with E-state index in [0.717, 1.165) is 21.3 Å². The number of fused-ring (bicyclic) bond motifs is 1. The second kappa shape index (κ2) is 7.57. The van der Waals surface area contributed by atoms with Gasteiger partial charge in [-0.3, -0.25) is 9.78 Å². The van der Waals surface area contributed by atoms with Crippen molar-refractivity contribution >= 4 is 15.9 Å². The highest BCUT2D eigenvalue weighted by Crippen LogP contribution is 2.42. The summed E-state index contributed by atoms with van der Waals surface area (Å²) in [5, 5.41) is 9.76. The van der Waals surface area contributed by atoms with E-state index < -0.39 is 5.92 Å². The number of hydrogen-bond acceptors (Lipinski definition) is 5. The molecule has 0 aliphatic carbocycles. The van der Waals surface area contributed by atoms with E-state index >= 15 is 0 Å². The van der Waals surface area contributed by atoms with E-state index in [9.17, 15) is 10.1 Å². The van der Waals surface area contributed by atoms with E-state index in [0.29, 0.717) is 17.9 Å². The van der Waals surface area contributed by atoms with Crippen molar-refractivity contribution in [3.05, 3.63) is 104 Å². The van der Waals surface area contributed by atoms with Gasteiger partial charge in [0.05, 0.1) is 18.0 Å². The topological polar surface area (TPSA) is 93.9 Å². The minimum atomic E-state index is -0.618. The molecule has 7 heteroatoms. The van der Waals surface area contributed by atoms with Crippen molar-refractivity contribution in [1.29, 1.82) is 5.26 Å². The average Bonchev–Trinajstić information content (AvgIpc) is 2.71. The van der Waals surface area contributed by atoms with Crippen LogP contribution in [0, 0.1) is 18.3 Å². The summed E-state index contributed by atoms with van der Waals surface area (Å²) in [4.78, 5) is 17.7. The SMILES string of the molecule is Cc1cc2c(c(=O)n1Cc1cccnc1)C(c1ccccc1Br)C(C#N)=C(N)O2. The number of ether oxygens (including phenoxy) is 1. The molecule has 1 aliphatic heterocycles. The largest absolute Gasteiger partial charge is 0.440 e. The Morgan fingerprint density at radius 1 is 1.31 bits per heavy atom. The molecule has 1 aliphatic rings. The molecule has 1 unspecified atom stereocenters. The third-order valence-corrected chi connectivity index (χ3v) is 5.69. The Morgan fingerprint density at radius 2 is 2.10 bits per heavy atom. The third-order valence-electron chi connectivity index (χ3n) is 4.97. The number of aromatic nitrogens is 2. The Kier molecular flexibility index (Phi) is 4.95. The zero-order chi connectivity index (χ0) is 20.5. The van der Waals surface area contributed by atoms with Crippen LogP contribution in [-0.2, 0) is 6.54 Å². The molecule has 3 heterocycles. The van der Waals surface area contributed by atoms with Gasteiger partial charge in [0.25, 0.3) is 5.56 Å². The monoisotopic (exact) mass is 448 g/mol. The smallest absolute Gasteiger partial charge is 0.259 e. The van der Waals surface area contributed by atoms with Crippen LogP contribution in [0.2, 0.25) is 0 Å². The summed E-state index contributed by atoms with van der Waals surface area (Å²) < 4.78 is 8.14. The number of nitriles is 1. The van der Waals surface area contributed by atoms with Gasteiger partial charge in [0.1, 0.15) is 17.4 Å². The molecule has 6 nitrogen and oxygen atoms in total. The molecule has 0 fully saturated rings. The standard InChI is InChI=1S/C22H17BrN4O2/c1-13-9-18-20(22(28)27(13)12-14-5-4-8-26-11-14)19(16(10-24)21(25)29-18)15-6-2-3-7-17(15)23/h2-9,11,19H,12,25H2,1H3. The molecule has 0 spiro atoms. The number of rotatable bonds is 3. The summed E-state index contributed by atoms with van der Waals surface area (Å²) in [5.74, 6) is -0.218. The Labute approximate surface area is 176 Å². The molecule has 0 amide bonds. The maximum Gasteiger partial charge on any atom is 0.259 e. The van der Waals surface area contributed by atoms with Crippen LogP contribution in [0.3, 0.4) is 0 Å². The predicted molar refractivity (Wildman–Crippen MR) is 112 cm³/mol.